The summed E-state index contributed by atoms with van der Waals surface area (Å²) in [6.07, 6.45) is 7.49. The van der Waals surface area contributed by atoms with Crippen molar-refractivity contribution in [2.75, 3.05) is 26.7 Å². The molecule has 0 amide bonds. The number of nitrogens with zero attached hydrogens (tertiary/aromatic N) is 4. The zero-order chi connectivity index (χ0) is 16.8. The number of halogens is 1. The number of hydrogen-bond acceptors (Lipinski definition) is 2. The molecule has 0 radical (unpaired) electrons. The summed E-state index contributed by atoms with van der Waals surface area (Å²) in [5.74, 6) is 1.86. The van der Waals surface area contributed by atoms with E-state index in [0.29, 0.717) is 0 Å². The zero-order valence-corrected chi connectivity index (χ0v) is 17.4. The number of nitrogens with one attached hydrogen (secondary N) is 1. The molecule has 0 aliphatic carbocycles. The largest absolute Gasteiger partial charge is 0.356 e. The van der Waals surface area contributed by atoms with E-state index in [1.807, 2.05) is 36.1 Å². The molecule has 1 aliphatic heterocycles. The Labute approximate surface area is 167 Å². The molecule has 2 heterocycles. The van der Waals surface area contributed by atoms with Crippen molar-refractivity contribution in [3.05, 3.63) is 48.3 Å². The summed E-state index contributed by atoms with van der Waals surface area (Å²) in [7, 11) is 1.87. The molecule has 0 atom stereocenters. The molecule has 25 heavy (non-hydrogen) atoms. The Bertz CT molecular complexity index is 659. The number of piperidine rings is 1. The molecule has 1 saturated heterocycles. The fourth-order valence-corrected chi connectivity index (χ4v) is 3.08. The van der Waals surface area contributed by atoms with Crippen molar-refractivity contribution in [2.45, 2.75) is 26.2 Å². The van der Waals surface area contributed by atoms with Crippen LogP contribution < -0.4 is 5.32 Å². The van der Waals surface area contributed by atoms with Gasteiger partial charge in [0, 0.05) is 32.9 Å². The molecule has 3 rings (SSSR count). The van der Waals surface area contributed by atoms with Crippen LogP contribution in [-0.2, 0) is 6.42 Å². The molecule has 0 saturated carbocycles. The minimum Gasteiger partial charge on any atom is -0.356 e. The summed E-state index contributed by atoms with van der Waals surface area (Å²) in [5.41, 5.74) is 2.32. The van der Waals surface area contributed by atoms with E-state index in [2.05, 4.69) is 45.6 Å². The van der Waals surface area contributed by atoms with E-state index in [-0.39, 0.29) is 24.0 Å². The smallest absolute Gasteiger partial charge is 0.193 e. The number of rotatable bonds is 4. The van der Waals surface area contributed by atoms with Crippen molar-refractivity contribution in [3.8, 4) is 5.69 Å². The highest BCUT2D eigenvalue weighted by Crippen LogP contribution is 2.15. The molecule has 2 aromatic rings. The molecule has 136 valence electrons. The van der Waals surface area contributed by atoms with Crippen LogP contribution in [0.15, 0.2) is 47.7 Å². The van der Waals surface area contributed by atoms with Crippen molar-refractivity contribution in [3.63, 3.8) is 0 Å². The molecule has 1 fully saturated rings. The molecule has 1 aromatic carbocycles. The first-order chi connectivity index (χ1) is 11.8. The Balaban J connectivity index is 0.00000225. The van der Waals surface area contributed by atoms with Gasteiger partial charge in [0.2, 0.25) is 0 Å². The maximum atomic E-state index is 4.45. The lowest BCUT2D eigenvalue weighted by molar-refractivity contribution is 0.273. The van der Waals surface area contributed by atoms with Crippen molar-refractivity contribution in [1.29, 1.82) is 0 Å². The van der Waals surface area contributed by atoms with Crippen LogP contribution in [0.4, 0.5) is 0 Å². The summed E-state index contributed by atoms with van der Waals surface area (Å²) >= 11 is 0. The Morgan fingerprint density at radius 3 is 2.64 bits per heavy atom. The number of benzene rings is 1. The van der Waals surface area contributed by atoms with Crippen molar-refractivity contribution < 1.29 is 0 Å². The molecule has 1 aromatic heterocycles. The monoisotopic (exact) mass is 453 g/mol. The molecule has 5 nitrogen and oxygen atoms in total. The van der Waals surface area contributed by atoms with E-state index in [1.165, 1.54) is 18.4 Å². The molecule has 0 spiro atoms. The lowest BCUT2D eigenvalue weighted by Crippen LogP contribution is -2.45. The Morgan fingerprint density at radius 1 is 1.24 bits per heavy atom. The predicted octanol–water partition coefficient (Wildman–Crippen LogP) is 3.34. The highest BCUT2D eigenvalue weighted by Gasteiger charge is 2.18. The molecular weight excluding hydrogens is 425 g/mol. The summed E-state index contributed by atoms with van der Waals surface area (Å²) in [6.45, 7) is 5.41. The van der Waals surface area contributed by atoms with Crippen LogP contribution in [0.25, 0.3) is 5.69 Å². The van der Waals surface area contributed by atoms with Gasteiger partial charge in [-0.1, -0.05) is 25.1 Å². The highest BCUT2D eigenvalue weighted by molar-refractivity contribution is 14.0. The molecular formula is C19H28IN5. The van der Waals surface area contributed by atoms with Gasteiger partial charge in [-0.05, 0) is 42.9 Å². The number of aliphatic imine (C=N–C) groups is 1. The normalized spacial score (nSPS) is 15.8. The number of guanidine groups is 1. The van der Waals surface area contributed by atoms with Gasteiger partial charge in [-0.3, -0.25) is 4.99 Å². The lowest BCUT2D eigenvalue weighted by atomic mass is 10.00. The standard InChI is InChI=1S/C19H27N5.HI/c1-16-9-12-23(13-10-16)19(20-2)21-11-8-17-14-22-24(15-17)18-6-4-3-5-7-18;/h3-7,14-16H,8-13H2,1-2H3,(H,20,21);1H. The van der Waals surface area contributed by atoms with Crippen molar-refractivity contribution in [2.24, 2.45) is 10.9 Å². The van der Waals surface area contributed by atoms with Crippen molar-refractivity contribution >= 4 is 29.9 Å². The summed E-state index contributed by atoms with van der Waals surface area (Å²) in [4.78, 5) is 6.80. The van der Waals surface area contributed by atoms with E-state index in [0.717, 1.165) is 43.6 Å². The number of aromatic nitrogens is 2. The lowest BCUT2D eigenvalue weighted by Gasteiger charge is -2.32. The van der Waals surface area contributed by atoms with Crippen LogP contribution in [0.2, 0.25) is 0 Å². The van der Waals surface area contributed by atoms with E-state index < -0.39 is 0 Å². The third-order valence-electron chi connectivity index (χ3n) is 4.65. The number of para-hydroxylation sites is 1. The van der Waals surface area contributed by atoms with E-state index in [4.69, 9.17) is 0 Å². The molecule has 0 bridgehead atoms. The van der Waals surface area contributed by atoms with E-state index in [9.17, 15) is 0 Å². The Hall–Kier alpha value is -1.57. The van der Waals surface area contributed by atoms with Gasteiger partial charge in [-0.25, -0.2) is 4.68 Å². The third-order valence-corrected chi connectivity index (χ3v) is 4.65. The minimum absolute atomic E-state index is 0. The first kappa shape index (κ1) is 19.8. The third kappa shape index (κ3) is 5.45. The summed E-state index contributed by atoms with van der Waals surface area (Å²) in [6, 6.07) is 10.2. The second-order valence-electron chi connectivity index (χ2n) is 6.52. The maximum absolute atomic E-state index is 4.45. The Morgan fingerprint density at radius 2 is 1.96 bits per heavy atom. The average molecular weight is 453 g/mol. The van der Waals surface area contributed by atoms with Gasteiger partial charge in [0.15, 0.2) is 5.96 Å². The highest BCUT2D eigenvalue weighted by atomic mass is 127. The number of hydrogen-bond donors (Lipinski definition) is 1. The van der Waals surface area contributed by atoms with Gasteiger partial charge >= 0.3 is 0 Å². The van der Waals surface area contributed by atoms with Gasteiger partial charge < -0.3 is 10.2 Å². The van der Waals surface area contributed by atoms with E-state index in [1.54, 1.807) is 0 Å². The number of likely N-dealkylation sites (tertiary alicyclic amines) is 1. The second kappa shape index (κ2) is 9.79. The van der Waals surface area contributed by atoms with Gasteiger partial charge in [0.25, 0.3) is 0 Å². The second-order valence-corrected chi connectivity index (χ2v) is 6.52. The SMILES string of the molecule is CN=C(NCCc1cnn(-c2ccccc2)c1)N1CCC(C)CC1.I. The molecule has 1 N–H and O–H groups in total. The first-order valence-electron chi connectivity index (χ1n) is 8.81. The maximum Gasteiger partial charge on any atom is 0.193 e. The fourth-order valence-electron chi connectivity index (χ4n) is 3.08. The van der Waals surface area contributed by atoms with Gasteiger partial charge in [-0.2, -0.15) is 5.10 Å². The zero-order valence-electron chi connectivity index (χ0n) is 15.1. The molecule has 0 unspecified atom stereocenters. The fraction of sp³-hybridized carbons (Fsp3) is 0.474. The van der Waals surface area contributed by atoms with Crippen LogP contribution in [-0.4, -0.2) is 47.3 Å². The van der Waals surface area contributed by atoms with Gasteiger partial charge in [-0.15, -0.1) is 24.0 Å². The Kier molecular flexibility index (Phi) is 7.74. The first-order valence-corrected chi connectivity index (χ1v) is 8.81. The minimum atomic E-state index is 0. The quantitative estimate of drug-likeness (QED) is 0.439. The predicted molar refractivity (Wildman–Crippen MR) is 114 cm³/mol. The van der Waals surface area contributed by atoms with Crippen LogP contribution in [0, 0.1) is 5.92 Å². The summed E-state index contributed by atoms with van der Waals surface area (Å²) < 4.78 is 1.93. The van der Waals surface area contributed by atoms with E-state index >= 15 is 0 Å². The average Bonchev–Trinajstić information content (AvgIpc) is 3.09. The van der Waals surface area contributed by atoms with Crippen LogP contribution in [0.3, 0.4) is 0 Å². The van der Waals surface area contributed by atoms with Crippen LogP contribution in [0.1, 0.15) is 25.3 Å². The van der Waals surface area contributed by atoms with Crippen LogP contribution in [0.5, 0.6) is 0 Å². The van der Waals surface area contributed by atoms with Gasteiger partial charge in [0.1, 0.15) is 0 Å². The van der Waals surface area contributed by atoms with Crippen LogP contribution >= 0.6 is 24.0 Å². The summed E-state index contributed by atoms with van der Waals surface area (Å²) in [5, 5.41) is 7.94. The molecule has 6 heteroatoms. The van der Waals surface area contributed by atoms with Crippen molar-refractivity contribution in [1.82, 2.24) is 20.0 Å². The van der Waals surface area contributed by atoms with Gasteiger partial charge in [0.05, 0.1) is 11.9 Å². The molecule has 1 aliphatic rings. The topological polar surface area (TPSA) is 45.5 Å².